The second-order valence-electron chi connectivity index (χ2n) is 4.67. The Labute approximate surface area is 138 Å². The summed E-state index contributed by atoms with van der Waals surface area (Å²) in [6, 6.07) is 9.28. The molecule has 2 aromatic carbocycles. The van der Waals surface area contributed by atoms with E-state index < -0.39 is 11.7 Å². The van der Waals surface area contributed by atoms with Crippen LogP contribution in [0.3, 0.4) is 0 Å². The summed E-state index contributed by atoms with van der Waals surface area (Å²) in [4.78, 5) is 10.7. The van der Waals surface area contributed by atoms with E-state index in [9.17, 15) is 9.18 Å². The third kappa shape index (κ3) is 4.72. The number of ether oxygens (including phenoxy) is 2. The molecule has 0 heterocycles. The highest BCUT2D eigenvalue weighted by Gasteiger charge is 2.08. The van der Waals surface area contributed by atoms with Gasteiger partial charge in [0.15, 0.2) is 11.5 Å². The standard InChI is InChI=1S/C17H15ClFNO3/c1-22-16-8-11(3-7-17(20)21)2-6-15(16)23-10-12-4-5-13(19)9-14(12)18/h2-9H,10H2,1H3,(H2,20,21)/b7-3+. The van der Waals surface area contributed by atoms with Crippen molar-refractivity contribution in [2.24, 2.45) is 5.73 Å². The number of hydrogen-bond donors (Lipinski definition) is 1. The van der Waals surface area contributed by atoms with E-state index in [1.54, 1.807) is 30.3 Å². The van der Waals surface area contributed by atoms with E-state index in [0.29, 0.717) is 22.1 Å². The monoisotopic (exact) mass is 335 g/mol. The Kier molecular flexibility index (Phi) is 5.60. The quantitative estimate of drug-likeness (QED) is 0.821. The summed E-state index contributed by atoms with van der Waals surface area (Å²) >= 11 is 5.96. The molecular weight excluding hydrogens is 321 g/mol. The minimum atomic E-state index is -0.532. The van der Waals surface area contributed by atoms with Gasteiger partial charge in [0.1, 0.15) is 12.4 Å². The zero-order valence-electron chi connectivity index (χ0n) is 12.4. The SMILES string of the molecule is COc1cc(/C=C/C(N)=O)ccc1OCc1ccc(F)cc1Cl. The summed E-state index contributed by atoms with van der Waals surface area (Å²) in [5.74, 6) is 0.0659. The number of rotatable bonds is 6. The molecular formula is C17H15ClFNO3. The number of nitrogens with two attached hydrogens (primary N) is 1. The van der Waals surface area contributed by atoms with E-state index >= 15 is 0 Å². The van der Waals surface area contributed by atoms with E-state index in [1.807, 2.05) is 0 Å². The van der Waals surface area contributed by atoms with Gasteiger partial charge in [0.25, 0.3) is 0 Å². The number of halogens is 2. The van der Waals surface area contributed by atoms with Gasteiger partial charge in [-0.2, -0.15) is 0 Å². The number of carbonyl (C=O) groups excluding carboxylic acids is 1. The molecule has 23 heavy (non-hydrogen) atoms. The Morgan fingerprint density at radius 3 is 2.70 bits per heavy atom. The smallest absolute Gasteiger partial charge is 0.241 e. The van der Waals surface area contributed by atoms with Crippen molar-refractivity contribution in [1.29, 1.82) is 0 Å². The van der Waals surface area contributed by atoms with Gasteiger partial charge in [-0.1, -0.05) is 23.7 Å². The normalized spacial score (nSPS) is 10.7. The number of amides is 1. The van der Waals surface area contributed by atoms with Crippen LogP contribution in [-0.4, -0.2) is 13.0 Å². The number of carbonyl (C=O) groups is 1. The first kappa shape index (κ1) is 16.8. The average molecular weight is 336 g/mol. The van der Waals surface area contributed by atoms with Crippen molar-refractivity contribution in [3.63, 3.8) is 0 Å². The average Bonchev–Trinajstić information content (AvgIpc) is 2.52. The molecule has 0 radical (unpaired) electrons. The Bertz CT molecular complexity index is 747. The zero-order chi connectivity index (χ0) is 16.8. The van der Waals surface area contributed by atoms with E-state index in [-0.39, 0.29) is 6.61 Å². The number of methoxy groups -OCH3 is 1. The van der Waals surface area contributed by atoms with Crippen molar-refractivity contribution >= 4 is 23.6 Å². The molecule has 0 saturated heterocycles. The van der Waals surface area contributed by atoms with Crippen LogP contribution in [0.5, 0.6) is 11.5 Å². The summed E-state index contributed by atoms with van der Waals surface area (Å²) in [6.07, 6.45) is 2.83. The first-order valence-electron chi connectivity index (χ1n) is 6.72. The lowest BCUT2D eigenvalue weighted by Gasteiger charge is -2.12. The number of hydrogen-bond acceptors (Lipinski definition) is 3. The van der Waals surface area contributed by atoms with Gasteiger partial charge in [0, 0.05) is 11.6 Å². The predicted molar refractivity (Wildman–Crippen MR) is 87.0 cm³/mol. The highest BCUT2D eigenvalue weighted by molar-refractivity contribution is 6.31. The van der Waals surface area contributed by atoms with Crippen LogP contribution in [0.15, 0.2) is 42.5 Å². The van der Waals surface area contributed by atoms with Crippen molar-refractivity contribution in [2.45, 2.75) is 6.61 Å². The summed E-state index contributed by atoms with van der Waals surface area (Å²) in [6.45, 7) is 0.173. The first-order chi connectivity index (χ1) is 11.0. The van der Waals surface area contributed by atoms with Crippen LogP contribution >= 0.6 is 11.6 Å². The fraction of sp³-hybridized carbons (Fsp3) is 0.118. The third-order valence-electron chi connectivity index (χ3n) is 3.03. The lowest BCUT2D eigenvalue weighted by molar-refractivity contribution is -0.113. The van der Waals surface area contributed by atoms with Crippen LogP contribution < -0.4 is 15.2 Å². The topological polar surface area (TPSA) is 61.5 Å². The van der Waals surface area contributed by atoms with Crippen molar-refractivity contribution in [3.8, 4) is 11.5 Å². The molecule has 2 N–H and O–H groups in total. The van der Waals surface area contributed by atoms with Gasteiger partial charge in [0.05, 0.1) is 12.1 Å². The molecule has 6 heteroatoms. The second-order valence-corrected chi connectivity index (χ2v) is 5.08. The molecule has 0 spiro atoms. The van der Waals surface area contributed by atoms with Crippen molar-refractivity contribution in [1.82, 2.24) is 0 Å². The largest absolute Gasteiger partial charge is 0.493 e. The lowest BCUT2D eigenvalue weighted by Crippen LogP contribution is -2.05. The highest BCUT2D eigenvalue weighted by atomic mass is 35.5. The number of benzene rings is 2. The molecule has 0 unspecified atom stereocenters. The molecule has 120 valence electrons. The van der Waals surface area contributed by atoms with E-state index in [2.05, 4.69) is 0 Å². The molecule has 0 saturated carbocycles. The van der Waals surface area contributed by atoms with Gasteiger partial charge in [-0.25, -0.2) is 4.39 Å². The summed E-state index contributed by atoms with van der Waals surface area (Å²) in [5.41, 5.74) is 6.46. The van der Waals surface area contributed by atoms with E-state index in [4.69, 9.17) is 26.8 Å². The third-order valence-corrected chi connectivity index (χ3v) is 3.38. The Hall–Kier alpha value is -2.53. The molecule has 4 nitrogen and oxygen atoms in total. The van der Waals surface area contributed by atoms with Crippen LogP contribution in [-0.2, 0) is 11.4 Å². The molecule has 0 aliphatic rings. The summed E-state index contributed by atoms with van der Waals surface area (Å²) in [5, 5.41) is 0.296. The van der Waals surface area contributed by atoms with Gasteiger partial charge in [0.2, 0.25) is 5.91 Å². The first-order valence-corrected chi connectivity index (χ1v) is 7.09. The van der Waals surface area contributed by atoms with Gasteiger partial charge in [-0.3, -0.25) is 4.79 Å². The maximum Gasteiger partial charge on any atom is 0.241 e. The van der Waals surface area contributed by atoms with Gasteiger partial charge >= 0.3 is 0 Å². The maximum absolute atomic E-state index is 13.0. The van der Waals surface area contributed by atoms with Crippen LogP contribution in [0.1, 0.15) is 11.1 Å². The van der Waals surface area contributed by atoms with E-state index in [1.165, 1.54) is 25.3 Å². The zero-order valence-corrected chi connectivity index (χ0v) is 13.1. The Morgan fingerprint density at radius 2 is 2.04 bits per heavy atom. The molecule has 0 bridgehead atoms. The lowest BCUT2D eigenvalue weighted by atomic mass is 10.2. The van der Waals surface area contributed by atoms with E-state index in [0.717, 1.165) is 5.56 Å². The molecule has 2 rings (SSSR count). The summed E-state index contributed by atoms with van der Waals surface area (Å²) in [7, 11) is 1.51. The van der Waals surface area contributed by atoms with Crippen LogP contribution in [0, 0.1) is 5.82 Å². The predicted octanol–water partition coefficient (Wildman–Crippen LogP) is 3.57. The maximum atomic E-state index is 13.0. The van der Waals surface area contributed by atoms with Crippen molar-refractivity contribution in [2.75, 3.05) is 7.11 Å². The van der Waals surface area contributed by atoms with Gasteiger partial charge in [-0.15, -0.1) is 0 Å². The van der Waals surface area contributed by atoms with Crippen LogP contribution in [0.2, 0.25) is 5.02 Å². The molecule has 1 amide bonds. The molecule has 0 atom stereocenters. The van der Waals surface area contributed by atoms with Crippen molar-refractivity contribution in [3.05, 3.63) is 64.4 Å². The van der Waals surface area contributed by atoms with Crippen LogP contribution in [0.4, 0.5) is 4.39 Å². The molecule has 2 aromatic rings. The van der Waals surface area contributed by atoms with Crippen molar-refractivity contribution < 1.29 is 18.7 Å². The Balaban J connectivity index is 2.14. The molecule has 0 fully saturated rings. The van der Waals surface area contributed by atoms with Crippen LogP contribution in [0.25, 0.3) is 6.08 Å². The summed E-state index contributed by atoms with van der Waals surface area (Å²) < 4.78 is 23.9. The Morgan fingerprint density at radius 1 is 1.26 bits per heavy atom. The highest BCUT2D eigenvalue weighted by Crippen LogP contribution is 2.30. The fourth-order valence-electron chi connectivity index (χ4n) is 1.88. The molecule has 0 aliphatic carbocycles. The van der Waals surface area contributed by atoms with Gasteiger partial charge in [-0.05, 0) is 35.9 Å². The minimum absolute atomic E-state index is 0.173. The fourth-order valence-corrected chi connectivity index (χ4v) is 2.10. The second kappa shape index (κ2) is 7.65. The number of primary amides is 1. The van der Waals surface area contributed by atoms with Gasteiger partial charge < -0.3 is 15.2 Å². The molecule has 0 aliphatic heterocycles. The minimum Gasteiger partial charge on any atom is -0.493 e. The molecule has 0 aromatic heterocycles.